The Labute approximate surface area is 176 Å². The minimum atomic E-state index is 0. The number of likely N-dealkylation sites (tertiary alicyclic amines) is 1. The number of nitrogens with one attached hydrogen (secondary N) is 2. The van der Waals surface area contributed by atoms with Gasteiger partial charge in [-0.15, -0.1) is 24.0 Å². The lowest BCUT2D eigenvalue weighted by Gasteiger charge is -2.21. The van der Waals surface area contributed by atoms with Gasteiger partial charge in [0.25, 0.3) is 0 Å². The molecule has 0 spiro atoms. The number of aliphatic imine (C=N–C) groups is 1. The maximum Gasteiger partial charge on any atom is 0.191 e. The molecule has 1 saturated heterocycles. The van der Waals surface area contributed by atoms with Gasteiger partial charge in [0.05, 0.1) is 0 Å². The molecule has 1 fully saturated rings. The summed E-state index contributed by atoms with van der Waals surface area (Å²) in [4.78, 5) is 6.92. The van der Waals surface area contributed by atoms with Gasteiger partial charge in [0.15, 0.2) is 5.96 Å². The first kappa shape index (κ1) is 23.2. The number of hydrogen-bond acceptors (Lipinski definition) is 3. The molecule has 0 aliphatic carbocycles. The van der Waals surface area contributed by atoms with Gasteiger partial charge < -0.3 is 15.4 Å². The van der Waals surface area contributed by atoms with Gasteiger partial charge in [-0.05, 0) is 38.2 Å². The Morgan fingerprint density at radius 2 is 2.00 bits per heavy atom. The third-order valence-electron chi connectivity index (χ3n) is 4.81. The molecule has 0 aromatic heterocycles. The summed E-state index contributed by atoms with van der Waals surface area (Å²) < 4.78 is 5.08. The highest BCUT2D eigenvalue weighted by molar-refractivity contribution is 14.0. The van der Waals surface area contributed by atoms with Crippen LogP contribution in [0.5, 0.6) is 0 Å². The van der Waals surface area contributed by atoms with Crippen LogP contribution in [0.15, 0.2) is 35.3 Å². The van der Waals surface area contributed by atoms with Crippen LogP contribution in [0, 0.1) is 0 Å². The van der Waals surface area contributed by atoms with E-state index in [0.717, 1.165) is 51.5 Å². The van der Waals surface area contributed by atoms with Gasteiger partial charge in [-0.25, -0.2) is 0 Å². The SMILES string of the molecule is CN=C(NCCCCCOC)NC1CC(C)N(Cc2ccccc2)C1.I. The lowest BCUT2D eigenvalue weighted by Crippen LogP contribution is -2.44. The van der Waals surface area contributed by atoms with Crippen molar-refractivity contribution in [3.05, 3.63) is 35.9 Å². The van der Waals surface area contributed by atoms with Crippen molar-refractivity contribution in [1.29, 1.82) is 0 Å². The molecule has 0 amide bonds. The average molecular weight is 474 g/mol. The third-order valence-corrected chi connectivity index (χ3v) is 4.81. The van der Waals surface area contributed by atoms with Gasteiger partial charge in [0.2, 0.25) is 0 Å². The van der Waals surface area contributed by atoms with Crippen molar-refractivity contribution in [3.63, 3.8) is 0 Å². The Bertz CT molecular complexity index is 512. The number of guanidine groups is 1. The van der Waals surface area contributed by atoms with Crippen molar-refractivity contribution in [1.82, 2.24) is 15.5 Å². The summed E-state index contributed by atoms with van der Waals surface area (Å²) in [5.74, 6) is 0.922. The van der Waals surface area contributed by atoms with Crippen LogP contribution < -0.4 is 10.6 Å². The van der Waals surface area contributed by atoms with Crippen molar-refractivity contribution in [3.8, 4) is 0 Å². The molecule has 1 heterocycles. The molecule has 1 aromatic rings. The lowest BCUT2D eigenvalue weighted by molar-refractivity contribution is 0.192. The van der Waals surface area contributed by atoms with E-state index in [1.165, 1.54) is 12.0 Å². The monoisotopic (exact) mass is 474 g/mol. The van der Waals surface area contributed by atoms with Gasteiger partial charge >= 0.3 is 0 Å². The molecule has 1 aliphatic heterocycles. The smallest absolute Gasteiger partial charge is 0.191 e. The maximum atomic E-state index is 5.08. The van der Waals surface area contributed by atoms with E-state index in [9.17, 15) is 0 Å². The van der Waals surface area contributed by atoms with Crippen LogP contribution in [0.4, 0.5) is 0 Å². The zero-order valence-electron chi connectivity index (χ0n) is 16.4. The normalized spacial score (nSPS) is 20.7. The van der Waals surface area contributed by atoms with Crippen molar-refractivity contribution in [2.24, 2.45) is 4.99 Å². The van der Waals surface area contributed by atoms with Crippen LogP contribution in [0.2, 0.25) is 0 Å². The fourth-order valence-corrected chi connectivity index (χ4v) is 3.38. The Morgan fingerprint density at radius 3 is 2.69 bits per heavy atom. The lowest BCUT2D eigenvalue weighted by atomic mass is 10.2. The number of nitrogens with zero attached hydrogens (tertiary/aromatic N) is 2. The van der Waals surface area contributed by atoms with E-state index in [-0.39, 0.29) is 24.0 Å². The summed E-state index contributed by atoms with van der Waals surface area (Å²) >= 11 is 0. The second kappa shape index (κ2) is 13.3. The molecule has 5 nitrogen and oxygen atoms in total. The Kier molecular flexibility index (Phi) is 11.9. The highest BCUT2D eigenvalue weighted by Gasteiger charge is 2.29. The maximum absolute atomic E-state index is 5.08. The molecule has 0 bridgehead atoms. The fraction of sp³-hybridized carbons (Fsp3) is 0.650. The van der Waals surface area contributed by atoms with E-state index in [1.807, 2.05) is 7.05 Å². The number of benzene rings is 1. The van der Waals surface area contributed by atoms with Crippen LogP contribution in [0.25, 0.3) is 0 Å². The summed E-state index contributed by atoms with van der Waals surface area (Å²) in [6.45, 7) is 6.20. The van der Waals surface area contributed by atoms with E-state index in [4.69, 9.17) is 4.74 Å². The summed E-state index contributed by atoms with van der Waals surface area (Å²) in [6, 6.07) is 11.8. The standard InChI is InChI=1S/C20H34N4O.HI/c1-17-14-19(16-24(17)15-18-10-6-4-7-11-18)23-20(21-2)22-12-8-5-9-13-25-3;/h4,6-7,10-11,17,19H,5,8-9,12-16H2,1-3H3,(H2,21,22,23);1H. The molecule has 26 heavy (non-hydrogen) atoms. The number of hydrogen-bond donors (Lipinski definition) is 2. The van der Waals surface area contributed by atoms with E-state index < -0.39 is 0 Å². The minimum Gasteiger partial charge on any atom is -0.385 e. The minimum absolute atomic E-state index is 0. The quantitative estimate of drug-likeness (QED) is 0.250. The molecule has 0 saturated carbocycles. The van der Waals surface area contributed by atoms with Gasteiger partial charge in [0, 0.05) is 52.5 Å². The Balaban J connectivity index is 0.00000338. The van der Waals surface area contributed by atoms with E-state index in [1.54, 1.807) is 7.11 Å². The third kappa shape index (κ3) is 8.22. The van der Waals surface area contributed by atoms with E-state index >= 15 is 0 Å². The molecule has 1 aromatic carbocycles. The van der Waals surface area contributed by atoms with Crippen molar-refractivity contribution < 1.29 is 4.74 Å². The van der Waals surface area contributed by atoms with Crippen LogP contribution in [0.3, 0.4) is 0 Å². The number of halogens is 1. The molecule has 2 rings (SSSR count). The number of unbranched alkanes of at least 4 members (excludes halogenated alkanes) is 2. The highest BCUT2D eigenvalue weighted by Crippen LogP contribution is 2.20. The fourth-order valence-electron chi connectivity index (χ4n) is 3.38. The highest BCUT2D eigenvalue weighted by atomic mass is 127. The first-order chi connectivity index (χ1) is 12.2. The second-order valence-corrected chi connectivity index (χ2v) is 6.89. The molecule has 2 unspecified atom stereocenters. The summed E-state index contributed by atoms with van der Waals surface area (Å²) in [7, 11) is 3.61. The molecule has 6 heteroatoms. The van der Waals surface area contributed by atoms with Crippen LogP contribution in [0.1, 0.15) is 38.2 Å². The van der Waals surface area contributed by atoms with E-state index in [2.05, 4.69) is 57.8 Å². The van der Waals surface area contributed by atoms with Crippen molar-refractivity contribution in [2.75, 3.05) is 33.9 Å². The van der Waals surface area contributed by atoms with Gasteiger partial charge in [-0.2, -0.15) is 0 Å². The van der Waals surface area contributed by atoms with Gasteiger partial charge in [-0.3, -0.25) is 9.89 Å². The van der Waals surface area contributed by atoms with Crippen LogP contribution >= 0.6 is 24.0 Å². The zero-order valence-corrected chi connectivity index (χ0v) is 18.7. The first-order valence-corrected chi connectivity index (χ1v) is 9.47. The number of rotatable bonds is 9. The molecule has 1 aliphatic rings. The summed E-state index contributed by atoms with van der Waals surface area (Å²) in [6.07, 6.45) is 4.61. The van der Waals surface area contributed by atoms with E-state index in [0.29, 0.717) is 12.1 Å². The molecule has 148 valence electrons. The Morgan fingerprint density at radius 1 is 1.23 bits per heavy atom. The average Bonchev–Trinajstić information content (AvgIpc) is 2.97. The van der Waals surface area contributed by atoms with Crippen LogP contribution in [-0.2, 0) is 11.3 Å². The Hall–Kier alpha value is -0.860. The molecule has 0 radical (unpaired) electrons. The van der Waals surface area contributed by atoms with Gasteiger partial charge in [-0.1, -0.05) is 30.3 Å². The molecular weight excluding hydrogens is 439 g/mol. The van der Waals surface area contributed by atoms with Gasteiger partial charge in [0.1, 0.15) is 0 Å². The zero-order chi connectivity index (χ0) is 17.9. The molecule has 2 N–H and O–H groups in total. The topological polar surface area (TPSA) is 48.9 Å². The van der Waals surface area contributed by atoms with Crippen molar-refractivity contribution >= 4 is 29.9 Å². The largest absolute Gasteiger partial charge is 0.385 e. The second-order valence-electron chi connectivity index (χ2n) is 6.89. The predicted molar refractivity (Wildman–Crippen MR) is 120 cm³/mol. The molecular formula is C20H35IN4O. The number of ether oxygens (including phenoxy) is 1. The van der Waals surface area contributed by atoms with Crippen LogP contribution in [-0.4, -0.2) is 56.8 Å². The first-order valence-electron chi connectivity index (χ1n) is 9.47. The summed E-state index contributed by atoms with van der Waals surface area (Å²) in [5, 5.41) is 7.02. The summed E-state index contributed by atoms with van der Waals surface area (Å²) in [5.41, 5.74) is 1.38. The predicted octanol–water partition coefficient (Wildman–Crippen LogP) is 3.25. The molecule has 2 atom stereocenters. The van der Waals surface area contributed by atoms with Crippen molar-refractivity contribution in [2.45, 2.75) is 51.2 Å². The number of methoxy groups -OCH3 is 1.